The summed E-state index contributed by atoms with van der Waals surface area (Å²) in [6, 6.07) is 31.7. The molecule has 1 N–H and O–H groups in total. The van der Waals surface area contributed by atoms with Crippen molar-refractivity contribution in [3.63, 3.8) is 0 Å². The Labute approximate surface area is 259 Å². The van der Waals surface area contributed by atoms with E-state index in [1.54, 1.807) is 0 Å². The van der Waals surface area contributed by atoms with E-state index in [0.717, 1.165) is 35.5 Å². The lowest BCUT2D eigenvalue weighted by atomic mass is 9.82. The third kappa shape index (κ3) is 4.71. The third-order valence-electron chi connectivity index (χ3n) is 9.07. The van der Waals surface area contributed by atoms with Crippen LogP contribution in [-0.2, 0) is 0 Å². The fourth-order valence-corrected chi connectivity index (χ4v) is 6.80. The molecule has 4 aromatic rings. The highest BCUT2D eigenvalue weighted by Gasteiger charge is 2.52. The molecule has 1 aliphatic heterocycles. The van der Waals surface area contributed by atoms with E-state index in [9.17, 15) is 0 Å². The largest absolute Gasteiger partial charge is 0.374 e. The van der Waals surface area contributed by atoms with Gasteiger partial charge in [0.2, 0.25) is 0 Å². The zero-order chi connectivity index (χ0) is 29.5. The standard InChI is InChI=1S/C41H33N3/c1-41-26-33(32-24-37(29-15-7-3-8-16-29)44-38(25-32)30-17-9-4-10-18-30)23-34(39(41)40(41)36-19-11-12-22-42-36)35-21-20-31(27-43-35)28-13-5-2-6-14-28/h2-3,5-9,11-27,38,44H,4,10H2,1H3/t38-,41-/m1/s1. The van der Waals surface area contributed by atoms with E-state index in [0.29, 0.717) is 0 Å². The van der Waals surface area contributed by atoms with Crippen molar-refractivity contribution in [2.45, 2.75) is 25.8 Å². The smallest absolute Gasteiger partial charge is 0.0705 e. The molecule has 8 rings (SSSR count). The van der Waals surface area contributed by atoms with Crippen LogP contribution in [0.4, 0.5) is 0 Å². The highest BCUT2D eigenvalue weighted by Crippen LogP contribution is 2.66. The van der Waals surface area contributed by atoms with Gasteiger partial charge in [0, 0.05) is 34.6 Å². The second kappa shape index (κ2) is 10.8. The maximum atomic E-state index is 5.03. The van der Waals surface area contributed by atoms with Crippen LogP contribution in [0.3, 0.4) is 0 Å². The molecule has 3 aliphatic carbocycles. The number of benzene rings is 2. The van der Waals surface area contributed by atoms with Crippen molar-refractivity contribution < 1.29 is 0 Å². The first-order valence-corrected chi connectivity index (χ1v) is 15.4. The summed E-state index contributed by atoms with van der Waals surface area (Å²) in [5.74, 6) is 0. The van der Waals surface area contributed by atoms with Crippen LogP contribution >= 0.6 is 0 Å². The summed E-state index contributed by atoms with van der Waals surface area (Å²) in [5, 5.41) is 3.82. The molecule has 3 nitrogen and oxygen atoms in total. The summed E-state index contributed by atoms with van der Waals surface area (Å²) in [6.07, 6.45) is 22.5. The van der Waals surface area contributed by atoms with E-state index in [1.807, 2.05) is 24.5 Å². The molecule has 0 spiro atoms. The Morgan fingerprint density at radius 3 is 2.20 bits per heavy atom. The highest BCUT2D eigenvalue weighted by atomic mass is 14.9. The Morgan fingerprint density at radius 2 is 1.50 bits per heavy atom. The van der Waals surface area contributed by atoms with Crippen molar-refractivity contribution in [1.82, 2.24) is 15.3 Å². The predicted octanol–water partition coefficient (Wildman–Crippen LogP) is 9.16. The number of hydrogen-bond donors (Lipinski definition) is 1. The molecule has 0 saturated carbocycles. The first-order chi connectivity index (χ1) is 21.7. The van der Waals surface area contributed by atoms with Gasteiger partial charge >= 0.3 is 0 Å². The van der Waals surface area contributed by atoms with Gasteiger partial charge in [-0.15, -0.1) is 0 Å². The quantitative estimate of drug-likeness (QED) is 0.252. The maximum Gasteiger partial charge on any atom is 0.0705 e. The fraction of sp³-hybridized carbons (Fsp3) is 0.122. The lowest BCUT2D eigenvalue weighted by Crippen LogP contribution is -2.31. The number of hydrogen-bond acceptors (Lipinski definition) is 3. The van der Waals surface area contributed by atoms with Gasteiger partial charge in [-0.2, -0.15) is 0 Å². The molecular formula is C41H33N3. The van der Waals surface area contributed by atoms with Crippen LogP contribution in [-0.4, -0.2) is 16.0 Å². The van der Waals surface area contributed by atoms with Gasteiger partial charge < -0.3 is 5.32 Å². The van der Waals surface area contributed by atoms with Crippen molar-refractivity contribution in [2.24, 2.45) is 5.41 Å². The third-order valence-corrected chi connectivity index (χ3v) is 9.07. The first kappa shape index (κ1) is 26.4. The van der Waals surface area contributed by atoms with E-state index in [2.05, 4.69) is 134 Å². The van der Waals surface area contributed by atoms with Gasteiger partial charge in [0.25, 0.3) is 0 Å². The number of rotatable bonds is 6. The van der Waals surface area contributed by atoms with E-state index in [1.165, 1.54) is 44.6 Å². The second-order valence-corrected chi connectivity index (χ2v) is 12.0. The van der Waals surface area contributed by atoms with Crippen LogP contribution in [0.15, 0.2) is 168 Å². The van der Waals surface area contributed by atoms with Crippen LogP contribution in [0.1, 0.15) is 36.7 Å². The molecule has 0 saturated heterocycles. The highest BCUT2D eigenvalue weighted by molar-refractivity contribution is 6.08. The minimum absolute atomic E-state index is 0.0967. The summed E-state index contributed by atoms with van der Waals surface area (Å²) in [6.45, 7) is 2.32. The van der Waals surface area contributed by atoms with Crippen LogP contribution < -0.4 is 5.32 Å². The van der Waals surface area contributed by atoms with Gasteiger partial charge in [-0.3, -0.25) is 9.97 Å². The molecule has 3 heterocycles. The summed E-state index contributed by atoms with van der Waals surface area (Å²) < 4.78 is 0. The number of pyridine rings is 2. The minimum Gasteiger partial charge on any atom is -0.374 e. The monoisotopic (exact) mass is 567 g/mol. The number of dihydropyridines is 1. The van der Waals surface area contributed by atoms with Crippen molar-refractivity contribution in [3.05, 3.63) is 185 Å². The summed E-state index contributed by atoms with van der Waals surface area (Å²) in [4.78, 5) is 9.80. The van der Waals surface area contributed by atoms with Gasteiger partial charge in [0.1, 0.15) is 0 Å². The van der Waals surface area contributed by atoms with Crippen LogP contribution in [0.5, 0.6) is 0 Å². The molecule has 3 heteroatoms. The SMILES string of the molecule is C[C@@]12C=C(C3=C[C@H](C4=CCCC=C4)NC(c4ccccc4)=C3)C=C(c3ccc(-c4ccccc4)cn3)C1=C2c1ccccn1. The topological polar surface area (TPSA) is 37.8 Å². The Bertz CT molecular complexity index is 1950. The van der Waals surface area contributed by atoms with Gasteiger partial charge in [-0.05, 0) is 95.2 Å². The summed E-state index contributed by atoms with van der Waals surface area (Å²) >= 11 is 0. The van der Waals surface area contributed by atoms with Crippen LogP contribution in [0, 0.1) is 5.41 Å². The van der Waals surface area contributed by atoms with E-state index in [4.69, 9.17) is 9.97 Å². The molecule has 0 fully saturated rings. The molecule has 44 heavy (non-hydrogen) atoms. The lowest BCUT2D eigenvalue weighted by Gasteiger charge is -2.28. The zero-order valence-electron chi connectivity index (χ0n) is 24.7. The number of fused-ring (bicyclic) bond motifs is 1. The molecule has 2 aromatic carbocycles. The van der Waals surface area contributed by atoms with Crippen molar-refractivity contribution in [3.8, 4) is 11.1 Å². The number of allylic oxidation sites excluding steroid dienone is 10. The Kier molecular flexibility index (Phi) is 6.45. The fourth-order valence-electron chi connectivity index (χ4n) is 6.80. The molecule has 2 aromatic heterocycles. The Hall–Kier alpha value is -5.28. The second-order valence-electron chi connectivity index (χ2n) is 12.0. The molecule has 0 amide bonds. The normalized spacial score (nSPS) is 22.1. The van der Waals surface area contributed by atoms with Gasteiger partial charge in [0.05, 0.1) is 17.4 Å². The Balaban J connectivity index is 1.25. The molecule has 2 atom stereocenters. The predicted molar refractivity (Wildman–Crippen MR) is 181 cm³/mol. The summed E-state index contributed by atoms with van der Waals surface area (Å²) in [7, 11) is 0. The average Bonchev–Trinajstić information content (AvgIpc) is 3.74. The summed E-state index contributed by atoms with van der Waals surface area (Å²) in [5.41, 5.74) is 13.9. The van der Waals surface area contributed by atoms with E-state index >= 15 is 0 Å². The molecule has 0 radical (unpaired) electrons. The van der Waals surface area contributed by atoms with Crippen LogP contribution in [0.25, 0.3) is 28.0 Å². The Morgan fingerprint density at radius 1 is 0.705 bits per heavy atom. The van der Waals surface area contributed by atoms with Crippen molar-refractivity contribution >= 4 is 16.8 Å². The van der Waals surface area contributed by atoms with Crippen LogP contribution in [0.2, 0.25) is 0 Å². The average molecular weight is 568 g/mol. The molecule has 0 bridgehead atoms. The van der Waals surface area contributed by atoms with Crippen molar-refractivity contribution in [2.75, 3.05) is 0 Å². The molecule has 0 unspecified atom stereocenters. The number of nitrogens with one attached hydrogen (secondary N) is 1. The van der Waals surface area contributed by atoms with Gasteiger partial charge in [-0.1, -0.05) is 97.1 Å². The first-order valence-electron chi connectivity index (χ1n) is 15.4. The zero-order valence-corrected chi connectivity index (χ0v) is 24.7. The minimum atomic E-state index is -0.209. The maximum absolute atomic E-state index is 5.03. The van der Waals surface area contributed by atoms with E-state index in [-0.39, 0.29) is 11.5 Å². The van der Waals surface area contributed by atoms with Gasteiger partial charge in [-0.25, -0.2) is 0 Å². The van der Waals surface area contributed by atoms with Crippen molar-refractivity contribution in [1.29, 1.82) is 0 Å². The number of aromatic nitrogens is 2. The lowest BCUT2D eigenvalue weighted by molar-refractivity contribution is 0.791. The molecule has 212 valence electrons. The van der Waals surface area contributed by atoms with Gasteiger partial charge in [0.15, 0.2) is 0 Å². The molecule has 4 aliphatic rings. The number of nitrogens with zero attached hydrogens (tertiary/aromatic N) is 2. The molecular weight excluding hydrogens is 534 g/mol. The van der Waals surface area contributed by atoms with E-state index < -0.39 is 0 Å².